The summed E-state index contributed by atoms with van der Waals surface area (Å²) in [4.78, 5) is 1.48. The number of nitrogens with zero attached hydrogens (tertiary/aromatic N) is 5. The predicted octanol–water partition coefficient (Wildman–Crippen LogP) is 0.495. The lowest BCUT2D eigenvalue weighted by Gasteiger charge is -2.03. The van der Waals surface area contributed by atoms with Crippen LogP contribution in [0.1, 0.15) is 0 Å². The molecule has 0 aliphatic heterocycles. The van der Waals surface area contributed by atoms with E-state index in [-0.39, 0.29) is 11.5 Å². The van der Waals surface area contributed by atoms with Gasteiger partial charge in [-0.25, -0.2) is 0 Å². The summed E-state index contributed by atoms with van der Waals surface area (Å²) >= 11 is 0. The van der Waals surface area contributed by atoms with Crippen molar-refractivity contribution in [2.75, 3.05) is 5.43 Å². The molecule has 1 aromatic heterocycles. The van der Waals surface area contributed by atoms with Gasteiger partial charge in [0.2, 0.25) is 5.71 Å². The fourth-order valence-corrected chi connectivity index (χ4v) is 1.28. The second-order valence-electron chi connectivity index (χ2n) is 3.46. The van der Waals surface area contributed by atoms with E-state index in [4.69, 9.17) is 16.4 Å². The summed E-state index contributed by atoms with van der Waals surface area (Å²) in [5, 5.41) is 27.5. The molecule has 0 aliphatic rings. The van der Waals surface area contributed by atoms with Crippen LogP contribution >= 0.6 is 0 Å². The number of anilines is 1. The summed E-state index contributed by atoms with van der Waals surface area (Å²) in [5.74, 6) is -0.382. The molecule has 0 unspecified atom stereocenters. The van der Waals surface area contributed by atoms with E-state index in [1.807, 2.05) is 0 Å². The van der Waals surface area contributed by atoms with Crippen molar-refractivity contribution in [1.29, 1.82) is 10.7 Å². The lowest BCUT2D eigenvalue weighted by atomic mass is 10.3. The number of aromatic nitrogens is 3. The number of nitrogens with two attached hydrogens (primary N) is 1. The molecule has 8 nitrogen and oxygen atoms in total. The van der Waals surface area contributed by atoms with Gasteiger partial charge in [-0.2, -0.15) is 25.4 Å². The quantitative estimate of drug-likeness (QED) is 0.415. The number of rotatable bonds is 4. The first kappa shape index (κ1) is 12.3. The predicted molar refractivity (Wildman–Crippen MR) is 69.9 cm³/mol. The summed E-state index contributed by atoms with van der Waals surface area (Å²) in [6, 6.07) is 8.79. The molecule has 0 fully saturated rings. The number of nitriles is 1. The summed E-state index contributed by atoms with van der Waals surface area (Å²) < 4.78 is 0. The fourth-order valence-electron chi connectivity index (χ4n) is 1.28. The molecule has 0 atom stereocenters. The van der Waals surface area contributed by atoms with Gasteiger partial charge in [-0.05, 0) is 24.3 Å². The first-order valence-corrected chi connectivity index (χ1v) is 5.25. The van der Waals surface area contributed by atoms with Gasteiger partial charge in [-0.1, -0.05) is 0 Å². The molecule has 1 aromatic carbocycles. The second-order valence-corrected chi connectivity index (χ2v) is 3.46. The topological polar surface area (TPSA) is 129 Å². The van der Waals surface area contributed by atoms with Crippen LogP contribution in [0.3, 0.4) is 0 Å². The fraction of sp³-hybridized carbons (Fsp3) is 0. The number of amidine groups is 1. The van der Waals surface area contributed by atoms with Crippen LogP contribution in [0, 0.1) is 16.7 Å². The minimum Gasteiger partial charge on any atom is -0.382 e. The minimum atomic E-state index is -0.382. The SMILES string of the molecule is N#C/C(=N\Nc1ccc(-n2nccn2)cc1)C(=N)N. The third kappa shape index (κ3) is 2.92. The standard InChI is InChI=1S/C11H10N8/c12-7-10(11(13)14)18-17-8-1-3-9(4-2-8)19-15-5-6-16-19/h1-6,17H,(H3,13,14)/b18-10+. The van der Waals surface area contributed by atoms with Gasteiger partial charge in [-0.3, -0.25) is 10.8 Å². The lowest BCUT2D eigenvalue weighted by molar-refractivity contribution is 0.752. The van der Waals surface area contributed by atoms with Gasteiger partial charge >= 0.3 is 0 Å². The Kier molecular flexibility index (Phi) is 3.49. The molecule has 0 amide bonds. The summed E-state index contributed by atoms with van der Waals surface area (Å²) in [5.41, 5.74) is 9.10. The van der Waals surface area contributed by atoms with E-state index in [2.05, 4.69) is 20.7 Å². The molecule has 1 heterocycles. The Hall–Kier alpha value is -3.21. The van der Waals surface area contributed by atoms with E-state index >= 15 is 0 Å². The van der Waals surface area contributed by atoms with Crippen molar-refractivity contribution in [3.05, 3.63) is 36.7 Å². The zero-order valence-electron chi connectivity index (χ0n) is 9.78. The molecule has 0 bridgehead atoms. The van der Waals surface area contributed by atoms with Crippen molar-refractivity contribution in [2.24, 2.45) is 10.8 Å². The highest BCUT2D eigenvalue weighted by molar-refractivity contribution is 6.45. The van der Waals surface area contributed by atoms with Crippen LogP contribution in [-0.4, -0.2) is 26.5 Å². The molecule has 94 valence electrons. The van der Waals surface area contributed by atoms with Gasteiger partial charge in [0.25, 0.3) is 0 Å². The highest BCUT2D eigenvalue weighted by Crippen LogP contribution is 2.11. The van der Waals surface area contributed by atoms with Gasteiger partial charge in [0.15, 0.2) is 5.84 Å². The molecule has 8 heteroatoms. The number of hydrazone groups is 1. The van der Waals surface area contributed by atoms with Gasteiger partial charge in [0, 0.05) is 0 Å². The van der Waals surface area contributed by atoms with E-state index in [0.717, 1.165) is 5.69 Å². The van der Waals surface area contributed by atoms with Crippen molar-refractivity contribution in [3.63, 3.8) is 0 Å². The van der Waals surface area contributed by atoms with E-state index in [1.54, 1.807) is 42.7 Å². The van der Waals surface area contributed by atoms with Crippen LogP contribution in [-0.2, 0) is 0 Å². The Balaban J connectivity index is 2.12. The second kappa shape index (κ2) is 5.42. The summed E-state index contributed by atoms with van der Waals surface area (Å²) in [7, 11) is 0. The highest BCUT2D eigenvalue weighted by Gasteiger charge is 2.01. The maximum Gasteiger partial charge on any atom is 0.201 e. The van der Waals surface area contributed by atoms with Gasteiger partial charge in [-0.15, -0.1) is 0 Å². The highest BCUT2D eigenvalue weighted by atomic mass is 15.5. The van der Waals surface area contributed by atoms with E-state index < -0.39 is 0 Å². The zero-order valence-corrected chi connectivity index (χ0v) is 9.78. The normalized spacial score (nSPS) is 10.8. The molecule has 19 heavy (non-hydrogen) atoms. The van der Waals surface area contributed by atoms with E-state index in [0.29, 0.717) is 5.69 Å². The van der Waals surface area contributed by atoms with Crippen LogP contribution < -0.4 is 11.2 Å². The number of nitrogens with one attached hydrogen (secondary N) is 2. The lowest BCUT2D eigenvalue weighted by Crippen LogP contribution is -2.21. The average molecular weight is 254 g/mol. The molecule has 0 aliphatic carbocycles. The Morgan fingerprint density at radius 1 is 1.32 bits per heavy atom. The monoisotopic (exact) mass is 254 g/mol. The van der Waals surface area contributed by atoms with Crippen LogP contribution in [0.4, 0.5) is 5.69 Å². The number of hydrogen-bond donors (Lipinski definition) is 3. The van der Waals surface area contributed by atoms with E-state index in [9.17, 15) is 0 Å². The minimum absolute atomic E-state index is 0.169. The maximum absolute atomic E-state index is 8.68. The van der Waals surface area contributed by atoms with E-state index in [1.165, 1.54) is 4.80 Å². The Bertz CT molecular complexity index is 632. The average Bonchev–Trinajstić information content (AvgIpc) is 2.94. The zero-order chi connectivity index (χ0) is 13.7. The number of benzene rings is 1. The largest absolute Gasteiger partial charge is 0.382 e. The van der Waals surface area contributed by atoms with Gasteiger partial charge in [0.05, 0.1) is 23.8 Å². The molecular weight excluding hydrogens is 244 g/mol. The van der Waals surface area contributed by atoms with Crippen LogP contribution in [0.15, 0.2) is 41.8 Å². The van der Waals surface area contributed by atoms with Gasteiger partial charge in [0.1, 0.15) is 6.07 Å². The molecule has 0 spiro atoms. The Morgan fingerprint density at radius 2 is 1.95 bits per heavy atom. The molecule has 4 N–H and O–H groups in total. The Labute approximate surface area is 108 Å². The molecule has 0 saturated carbocycles. The smallest absolute Gasteiger partial charge is 0.201 e. The van der Waals surface area contributed by atoms with Crippen molar-refractivity contribution in [3.8, 4) is 11.8 Å². The molecule has 2 rings (SSSR count). The van der Waals surface area contributed by atoms with Crippen molar-refractivity contribution in [1.82, 2.24) is 15.0 Å². The van der Waals surface area contributed by atoms with Crippen molar-refractivity contribution >= 4 is 17.2 Å². The van der Waals surface area contributed by atoms with Crippen molar-refractivity contribution in [2.45, 2.75) is 0 Å². The summed E-state index contributed by atoms with van der Waals surface area (Å²) in [6.45, 7) is 0. The Morgan fingerprint density at radius 3 is 2.47 bits per heavy atom. The number of hydrogen-bond acceptors (Lipinski definition) is 6. The van der Waals surface area contributed by atoms with Crippen LogP contribution in [0.5, 0.6) is 0 Å². The first-order valence-electron chi connectivity index (χ1n) is 5.25. The molecular formula is C11H10N8. The first-order chi connectivity index (χ1) is 9.20. The van der Waals surface area contributed by atoms with Crippen molar-refractivity contribution < 1.29 is 0 Å². The third-order valence-electron chi connectivity index (χ3n) is 2.17. The van der Waals surface area contributed by atoms with Gasteiger partial charge < -0.3 is 5.73 Å². The molecule has 0 radical (unpaired) electrons. The summed E-state index contributed by atoms with van der Waals surface area (Å²) in [6.07, 6.45) is 3.17. The van der Waals surface area contributed by atoms with Crippen LogP contribution in [0.2, 0.25) is 0 Å². The maximum atomic E-state index is 8.68. The molecule has 2 aromatic rings. The van der Waals surface area contributed by atoms with Crippen LogP contribution in [0.25, 0.3) is 5.69 Å². The molecule has 0 saturated heterocycles. The third-order valence-corrected chi connectivity index (χ3v) is 2.17.